The second-order valence-corrected chi connectivity index (χ2v) is 5.55. The lowest BCUT2D eigenvalue weighted by Gasteiger charge is -2.18. The summed E-state index contributed by atoms with van der Waals surface area (Å²) in [6.07, 6.45) is 0.00238. The van der Waals surface area contributed by atoms with Gasteiger partial charge in [-0.25, -0.2) is 0 Å². The summed E-state index contributed by atoms with van der Waals surface area (Å²) in [7, 11) is 1.64. The first kappa shape index (κ1) is 14.8. The van der Waals surface area contributed by atoms with Gasteiger partial charge < -0.3 is 15.2 Å². The Morgan fingerprint density at radius 3 is 2.68 bits per heavy atom. The summed E-state index contributed by atoms with van der Waals surface area (Å²) in [5.74, 6) is -0.176. The molecule has 2 unspecified atom stereocenters. The number of carbonyl (C=O) groups is 1. The topological polar surface area (TPSA) is 58.6 Å². The van der Waals surface area contributed by atoms with E-state index < -0.39 is 6.10 Å². The van der Waals surface area contributed by atoms with Crippen LogP contribution in [0.15, 0.2) is 48.5 Å². The highest BCUT2D eigenvalue weighted by Gasteiger charge is 2.31. The Labute approximate surface area is 129 Å². The summed E-state index contributed by atoms with van der Waals surface area (Å²) >= 11 is 0. The first-order valence-electron chi connectivity index (χ1n) is 7.33. The zero-order valence-corrected chi connectivity index (χ0v) is 12.5. The molecule has 0 heterocycles. The maximum atomic E-state index is 12.4. The van der Waals surface area contributed by atoms with E-state index in [0.717, 1.165) is 16.7 Å². The molecule has 0 aliphatic heterocycles. The van der Waals surface area contributed by atoms with Crippen LogP contribution in [0.4, 0.5) is 0 Å². The molecule has 22 heavy (non-hydrogen) atoms. The van der Waals surface area contributed by atoms with E-state index >= 15 is 0 Å². The smallest absolute Gasteiger partial charge is 0.251 e. The number of rotatable bonds is 4. The first-order chi connectivity index (χ1) is 10.7. The summed E-state index contributed by atoms with van der Waals surface area (Å²) < 4.78 is 5.06. The van der Waals surface area contributed by atoms with Gasteiger partial charge in [-0.1, -0.05) is 36.4 Å². The van der Waals surface area contributed by atoms with Gasteiger partial charge in [-0.15, -0.1) is 0 Å². The van der Waals surface area contributed by atoms with Gasteiger partial charge in [0.15, 0.2) is 0 Å². The molecule has 0 radical (unpaired) electrons. The fraction of sp³-hybridized carbons (Fsp3) is 0.278. The second-order valence-electron chi connectivity index (χ2n) is 5.55. The monoisotopic (exact) mass is 297 g/mol. The number of benzene rings is 2. The molecule has 2 N–H and O–H groups in total. The third-order valence-electron chi connectivity index (χ3n) is 4.02. The average Bonchev–Trinajstić information content (AvgIpc) is 2.84. The molecule has 114 valence electrons. The van der Waals surface area contributed by atoms with Crippen LogP contribution in [0.2, 0.25) is 0 Å². The van der Waals surface area contributed by atoms with E-state index in [9.17, 15) is 9.90 Å². The molecule has 3 rings (SSSR count). The van der Waals surface area contributed by atoms with Crippen molar-refractivity contribution in [3.63, 3.8) is 0 Å². The van der Waals surface area contributed by atoms with Crippen molar-refractivity contribution in [2.45, 2.75) is 25.2 Å². The predicted molar refractivity (Wildman–Crippen MR) is 83.5 cm³/mol. The van der Waals surface area contributed by atoms with E-state index in [1.807, 2.05) is 36.4 Å². The summed E-state index contributed by atoms with van der Waals surface area (Å²) in [5.41, 5.74) is 3.69. The number of methoxy groups -OCH3 is 1. The summed E-state index contributed by atoms with van der Waals surface area (Å²) in [5, 5.41) is 13.1. The van der Waals surface area contributed by atoms with E-state index in [1.54, 1.807) is 19.2 Å². The van der Waals surface area contributed by atoms with Crippen LogP contribution in [0.1, 0.15) is 33.1 Å². The van der Waals surface area contributed by atoms with Gasteiger partial charge in [0.1, 0.15) is 0 Å². The van der Waals surface area contributed by atoms with E-state index in [-0.39, 0.29) is 11.9 Å². The number of hydrogen-bond acceptors (Lipinski definition) is 3. The van der Waals surface area contributed by atoms with Crippen LogP contribution in [0, 0.1) is 0 Å². The van der Waals surface area contributed by atoms with Crippen LogP contribution in [-0.2, 0) is 17.8 Å². The third-order valence-corrected chi connectivity index (χ3v) is 4.02. The van der Waals surface area contributed by atoms with E-state index in [0.29, 0.717) is 18.6 Å². The molecular weight excluding hydrogens is 278 g/mol. The minimum Gasteiger partial charge on any atom is -0.390 e. The molecule has 1 amide bonds. The van der Waals surface area contributed by atoms with Gasteiger partial charge in [-0.3, -0.25) is 4.79 Å². The van der Waals surface area contributed by atoms with Gasteiger partial charge >= 0.3 is 0 Å². The van der Waals surface area contributed by atoms with Crippen LogP contribution < -0.4 is 5.32 Å². The van der Waals surface area contributed by atoms with Crippen molar-refractivity contribution in [1.29, 1.82) is 0 Å². The number of fused-ring (bicyclic) bond motifs is 1. The highest BCUT2D eigenvalue weighted by atomic mass is 16.5. The SMILES string of the molecule is COCc1ccc(C(=O)NC2c3ccccc3CC2O)cc1. The summed E-state index contributed by atoms with van der Waals surface area (Å²) in [6, 6.07) is 14.8. The summed E-state index contributed by atoms with van der Waals surface area (Å²) in [6.45, 7) is 0.524. The Kier molecular flexibility index (Phi) is 4.22. The molecule has 4 nitrogen and oxygen atoms in total. The van der Waals surface area contributed by atoms with Gasteiger partial charge in [-0.2, -0.15) is 0 Å². The molecule has 0 saturated heterocycles. The zero-order valence-electron chi connectivity index (χ0n) is 12.5. The molecule has 0 bridgehead atoms. The lowest BCUT2D eigenvalue weighted by molar-refractivity contribution is 0.0858. The maximum Gasteiger partial charge on any atom is 0.251 e. The molecule has 0 spiro atoms. The second kappa shape index (κ2) is 6.30. The number of aliphatic hydroxyl groups excluding tert-OH is 1. The van der Waals surface area contributed by atoms with Gasteiger partial charge in [0.2, 0.25) is 0 Å². The van der Waals surface area contributed by atoms with Crippen molar-refractivity contribution in [3.8, 4) is 0 Å². The van der Waals surface area contributed by atoms with Crippen LogP contribution in [0.3, 0.4) is 0 Å². The Balaban J connectivity index is 1.74. The van der Waals surface area contributed by atoms with E-state index in [2.05, 4.69) is 5.32 Å². The van der Waals surface area contributed by atoms with Gasteiger partial charge in [0, 0.05) is 19.1 Å². The van der Waals surface area contributed by atoms with Crippen LogP contribution in [0.25, 0.3) is 0 Å². The summed E-state index contributed by atoms with van der Waals surface area (Å²) in [4.78, 5) is 12.4. The highest BCUT2D eigenvalue weighted by molar-refractivity contribution is 5.94. The fourth-order valence-corrected chi connectivity index (χ4v) is 2.89. The van der Waals surface area contributed by atoms with E-state index in [1.165, 1.54) is 0 Å². The molecule has 0 aromatic heterocycles. The Bertz CT molecular complexity index is 666. The Hall–Kier alpha value is -2.17. The minimum absolute atomic E-state index is 0.176. The number of aliphatic hydroxyl groups is 1. The van der Waals surface area contributed by atoms with Crippen molar-refractivity contribution in [2.75, 3.05) is 7.11 Å². The lowest BCUT2D eigenvalue weighted by atomic mass is 10.1. The quantitative estimate of drug-likeness (QED) is 0.910. The standard InChI is InChI=1S/C18H19NO3/c1-22-11-12-6-8-13(9-7-12)18(21)19-17-15-5-3-2-4-14(15)10-16(17)20/h2-9,16-17,20H,10-11H2,1H3,(H,19,21). The molecule has 1 aliphatic rings. The molecule has 2 atom stereocenters. The molecule has 2 aromatic carbocycles. The maximum absolute atomic E-state index is 12.4. The largest absolute Gasteiger partial charge is 0.390 e. The minimum atomic E-state index is -0.575. The number of ether oxygens (including phenoxy) is 1. The number of nitrogens with one attached hydrogen (secondary N) is 1. The number of carbonyl (C=O) groups excluding carboxylic acids is 1. The van der Waals surface area contributed by atoms with Crippen molar-refractivity contribution in [3.05, 3.63) is 70.8 Å². The fourth-order valence-electron chi connectivity index (χ4n) is 2.89. The molecule has 1 aliphatic carbocycles. The Morgan fingerprint density at radius 1 is 1.23 bits per heavy atom. The van der Waals surface area contributed by atoms with Crippen molar-refractivity contribution < 1.29 is 14.6 Å². The molecular formula is C18H19NO3. The van der Waals surface area contributed by atoms with Gasteiger partial charge in [-0.05, 0) is 28.8 Å². The first-order valence-corrected chi connectivity index (χ1v) is 7.33. The van der Waals surface area contributed by atoms with Gasteiger partial charge in [0.25, 0.3) is 5.91 Å². The molecule has 2 aromatic rings. The average molecular weight is 297 g/mol. The molecule has 0 saturated carbocycles. The number of hydrogen-bond donors (Lipinski definition) is 2. The normalized spacial score (nSPS) is 19.7. The molecule has 4 heteroatoms. The molecule has 0 fully saturated rings. The third kappa shape index (κ3) is 2.89. The van der Waals surface area contributed by atoms with Crippen molar-refractivity contribution in [1.82, 2.24) is 5.32 Å². The lowest BCUT2D eigenvalue weighted by Crippen LogP contribution is -2.33. The van der Waals surface area contributed by atoms with Crippen LogP contribution in [-0.4, -0.2) is 24.2 Å². The zero-order chi connectivity index (χ0) is 15.5. The van der Waals surface area contributed by atoms with Crippen LogP contribution >= 0.6 is 0 Å². The Morgan fingerprint density at radius 2 is 1.95 bits per heavy atom. The van der Waals surface area contributed by atoms with E-state index in [4.69, 9.17) is 4.74 Å². The van der Waals surface area contributed by atoms with Crippen molar-refractivity contribution in [2.24, 2.45) is 0 Å². The van der Waals surface area contributed by atoms with Crippen molar-refractivity contribution >= 4 is 5.91 Å². The highest BCUT2D eigenvalue weighted by Crippen LogP contribution is 2.31. The predicted octanol–water partition coefficient (Wildman–Crippen LogP) is 2.22. The number of amides is 1. The van der Waals surface area contributed by atoms with Gasteiger partial charge in [0.05, 0.1) is 18.8 Å². The van der Waals surface area contributed by atoms with Crippen LogP contribution in [0.5, 0.6) is 0 Å².